The highest BCUT2D eigenvalue weighted by atomic mass is 16.6. The van der Waals surface area contributed by atoms with Crippen LogP contribution in [0.25, 0.3) is 0 Å². The second kappa shape index (κ2) is 3.98. The van der Waals surface area contributed by atoms with Gasteiger partial charge in [0.25, 0.3) is 0 Å². The lowest BCUT2D eigenvalue weighted by Gasteiger charge is -2.19. The van der Waals surface area contributed by atoms with Crippen molar-refractivity contribution in [3.05, 3.63) is 0 Å². The molecule has 4 heteroatoms. The Morgan fingerprint density at radius 2 is 1.86 bits per heavy atom. The Hall–Kier alpha value is -1.06. The number of hydrogen-bond acceptors (Lipinski definition) is 4. The lowest BCUT2D eigenvalue weighted by atomic mass is 10.2. The quantitative estimate of drug-likeness (QED) is 0.644. The molecule has 1 saturated carbocycles. The van der Waals surface area contributed by atoms with Crippen molar-refractivity contribution in [2.75, 3.05) is 6.61 Å². The van der Waals surface area contributed by atoms with Crippen LogP contribution in [0.15, 0.2) is 0 Å². The third-order valence-corrected chi connectivity index (χ3v) is 1.66. The molecular formula is C10H16O4. The fraction of sp³-hybridized carbons (Fsp3) is 0.800. The van der Waals surface area contributed by atoms with Gasteiger partial charge in [0.05, 0.1) is 5.92 Å². The van der Waals surface area contributed by atoms with Crippen molar-refractivity contribution in [2.45, 2.75) is 39.2 Å². The second-order valence-electron chi connectivity index (χ2n) is 4.47. The molecule has 1 rings (SSSR count). The van der Waals surface area contributed by atoms with E-state index in [-0.39, 0.29) is 18.5 Å². The van der Waals surface area contributed by atoms with Crippen LogP contribution in [0.3, 0.4) is 0 Å². The van der Waals surface area contributed by atoms with Gasteiger partial charge in [0.1, 0.15) is 5.60 Å². The molecule has 0 amide bonds. The molecule has 0 aromatic carbocycles. The van der Waals surface area contributed by atoms with E-state index in [0.717, 1.165) is 12.8 Å². The molecule has 0 bridgehead atoms. The van der Waals surface area contributed by atoms with Gasteiger partial charge in [-0.25, -0.2) is 4.79 Å². The largest absolute Gasteiger partial charge is 0.457 e. The molecule has 0 aromatic rings. The van der Waals surface area contributed by atoms with Crippen LogP contribution in [0, 0.1) is 5.92 Å². The van der Waals surface area contributed by atoms with E-state index in [9.17, 15) is 9.59 Å². The Kier molecular flexibility index (Phi) is 3.13. The van der Waals surface area contributed by atoms with E-state index < -0.39 is 11.6 Å². The van der Waals surface area contributed by atoms with E-state index in [1.807, 2.05) is 0 Å². The topological polar surface area (TPSA) is 52.6 Å². The molecule has 0 heterocycles. The molecule has 80 valence electrons. The van der Waals surface area contributed by atoms with Crippen molar-refractivity contribution in [2.24, 2.45) is 5.92 Å². The van der Waals surface area contributed by atoms with Crippen molar-refractivity contribution in [1.29, 1.82) is 0 Å². The van der Waals surface area contributed by atoms with Crippen LogP contribution in [-0.4, -0.2) is 24.1 Å². The summed E-state index contributed by atoms with van der Waals surface area (Å²) in [7, 11) is 0. The predicted molar refractivity (Wildman–Crippen MR) is 49.5 cm³/mol. The van der Waals surface area contributed by atoms with Crippen LogP contribution < -0.4 is 0 Å². The Bertz CT molecular complexity index is 235. The highest BCUT2D eigenvalue weighted by Gasteiger charge is 2.31. The van der Waals surface area contributed by atoms with Crippen molar-refractivity contribution in [1.82, 2.24) is 0 Å². The summed E-state index contributed by atoms with van der Waals surface area (Å²) in [6, 6.07) is 0. The van der Waals surface area contributed by atoms with Crippen LogP contribution in [0.5, 0.6) is 0 Å². The fourth-order valence-electron chi connectivity index (χ4n) is 0.938. The molecule has 0 radical (unpaired) electrons. The third-order valence-electron chi connectivity index (χ3n) is 1.66. The predicted octanol–water partition coefficient (Wildman–Crippen LogP) is 1.28. The monoisotopic (exact) mass is 200 g/mol. The van der Waals surface area contributed by atoms with Gasteiger partial charge in [-0.3, -0.25) is 4.79 Å². The van der Waals surface area contributed by atoms with Crippen molar-refractivity contribution < 1.29 is 19.1 Å². The van der Waals surface area contributed by atoms with Gasteiger partial charge in [-0.2, -0.15) is 0 Å². The summed E-state index contributed by atoms with van der Waals surface area (Å²) >= 11 is 0. The molecule has 1 fully saturated rings. The van der Waals surface area contributed by atoms with E-state index in [0.29, 0.717) is 0 Å². The first kappa shape index (κ1) is 11.0. The summed E-state index contributed by atoms with van der Waals surface area (Å²) in [4.78, 5) is 22.2. The van der Waals surface area contributed by atoms with Crippen molar-refractivity contribution in [3.63, 3.8) is 0 Å². The van der Waals surface area contributed by atoms with Gasteiger partial charge in [0, 0.05) is 0 Å². The second-order valence-corrected chi connectivity index (χ2v) is 4.47. The summed E-state index contributed by atoms with van der Waals surface area (Å²) in [5, 5.41) is 0. The lowest BCUT2D eigenvalue weighted by molar-refractivity contribution is -0.167. The standard InChI is InChI=1S/C10H16O4/c1-10(2,3)14-8(11)6-13-9(12)7-4-5-7/h7H,4-6H2,1-3H3. The maximum absolute atomic E-state index is 11.1. The molecule has 14 heavy (non-hydrogen) atoms. The van der Waals surface area contributed by atoms with E-state index in [4.69, 9.17) is 9.47 Å². The summed E-state index contributed by atoms with van der Waals surface area (Å²) in [5.41, 5.74) is -0.525. The molecule has 0 saturated heterocycles. The molecular weight excluding hydrogens is 184 g/mol. The number of esters is 2. The fourth-order valence-corrected chi connectivity index (χ4v) is 0.938. The Morgan fingerprint density at radius 3 is 2.29 bits per heavy atom. The first-order chi connectivity index (χ1) is 6.38. The molecule has 0 unspecified atom stereocenters. The summed E-state index contributed by atoms with van der Waals surface area (Å²) in [6.07, 6.45) is 1.76. The number of carbonyl (C=O) groups excluding carboxylic acids is 2. The zero-order chi connectivity index (χ0) is 10.8. The molecule has 1 aliphatic rings. The van der Waals surface area contributed by atoms with Gasteiger partial charge in [-0.1, -0.05) is 0 Å². The normalized spacial score (nSPS) is 16.2. The van der Waals surface area contributed by atoms with E-state index >= 15 is 0 Å². The number of carbonyl (C=O) groups is 2. The van der Waals surface area contributed by atoms with Crippen molar-refractivity contribution >= 4 is 11.9 Å². The first-order valence-electron chi connectivity index (χ1n) is 4.77. The van der Waals surface area contributed by atoms with Crippen LogP contribution >= 0.6 is 0 Å². The molecule has 1 aliphatic carbocycles. The van der Waals surface area contributed by atoms with Gasteiger partial charge in [-0.15, -0.1) is 0 Å². The van der Waals surface area contributed by atoms with E-state index in [1.165, 1.54) is 0 Å². The number of ether oxygens (including phenoxy) is 2. The van der Waals surface area contributed by atoms with Gasteiger partial charge in [0.15, 0.2) is 6.61 Å². The maximum Gasteiger partial charge on any atom is 0.344 e. The van der Waals surface area contributed by atoms with E-state index in [2.05, 4.69) is 0 Å². The van der Waals surface area contributed by atoms with Crippen molar-refractivity contribution in [3.8, 4) is 0 Å². The third kappa shape index (κ3) is 4.25. The Labute approximate surface area is 83.6 Å². The van der Waals surface area contributed by atoms with Crippen LogP contribution in [0.1, 0.15) is 33.6 Å². The average molecular weight is 200 g/mol. The zero-order valence-electron chi connectivity index (χ0n) is 8.83. The average Bonchev–Trinajstić information content (AvgIpc) is 2.78. The van der Waals surface area contributed by atoms with Gasteiger partial charge >= 0.3 is 11.9 Å². The molecule has 0 aromatic heterocycles. The minimum absolute atomic E-state index is 0.0254. The first-order valence-corrected chi connectivity index (χ1v) is 4.77. The number of rotatable bonds is 3. The van der Waals surface area contributed by atoms with Gasteiger partial charge < -0.3 is 9.47 Å². The highest BCUT2D eigenvalue weighted by molar-refractivity contribution is 5.79. The molecule has 4 nitrogen and oxygen atoms in total. The van der Waals surface area contributed by atoms with E-state index in [1.54, 1.807) is 20.8 Å². The Morgan fingerprint density at radius 1 is 1.29 bits per heavy atom. The van der Waals surface area contributed by atoms with Crippen LogP contribution in [0.2, 0.25) is 0 Å². The molecule has 0 N–H and O–H groups in total. The van der Waals surface area contributed by atoms with Gasteiger partial charge in [-0.05, 0) is 33.6 Å². The highest BCUT2D eigenvalue weighted by Crippen LogP contribution is 2.29. The molecule has 0 atom stereocenters. The lowest BCUT2D eigenvalue weighted by Crippen LogP contribution is -2.27. The maximum atomic E-state index is 11.1. The minimum atomic E-state index is -0.525. The zero-order valence-corrected chi connectivity index (χ0v) is 8.83. The summed E-state index contributed by atoms with van der Waals surface area (Å²) < 4.78 is 9.73. The minimum Gasteiger partial charge on any atom is -0.457 e. The SMILES string of the molecule is CC(C)(C)OC(=O)COC(=O)C1CC1. The molecule has 0 aliphatic heterocycles. The van der Waals surface area contributed by atoms with Gasteiger partial charge in [0.2, 0.25) is 0 Å². The smallest absolute Gasteiger partial charge is 0.344 e. The van der Waals surface area contributed by atoms with Crippen LogP contribution in [-0.2, 0) is 19.1 Å². The summed E-state index contributed by atoms with van der Waals surface area (Å²) in [6.45, 7) is 5.04. The molecule has 0 spiro atoms. The Balaban J connectivity index is 2.17. The van der Waals surface area contributed by atoms with Crippen LogP contribution in [0.4, 0.5) is 0 Å². The summed E-state index contributed by atoms with van der Waals surface area (Å²) in [5.74, 6) is -0.750. The number of hydrogen-bond donors (Lipinski definition) is 0.